The van der Waals surface area contributed by atoms with Crippen molar-refractivity contribution in [3.05, 3.63) is 42.5 Å². The quantitative estimate of drug-likeness (QED) is 0.866. The molecule has 144 valence electrons. The van der Waals surface area contributed by atoms with Crippen LogP contribution in [0, 0.1) is 0 Å². The van der Waals surface area contributed by atoms with Gasteiger partial charge in [0.2, 0.25) is 6.79 Å². The summed E-state index contributed by atoms with van der Waals surface area (Å²) in [5.41, 5.74) is 1.20. The van der Waals surface area contributed by atoms with Crippen molar-refractivity contribution >= 4 is 6.03 Å². The smallest absolute Gasteiger partial charge is 0.317 e. The number of imidazole rings is 1. The first-order chi connectivity index (χ1) is 13.2. The Morgan fingerprint density at radius 2 is 2.04 bits per heavy atom. The zero-order valence-electron chi connectivity index (χ0n) is 15.5. The minimum absolute atomic E-state index is 0.00435. The number of carbonyl (C=O) groups is 1. The molecule has 0 radical (unpaired) electrons. The monoisotopic (exact) mass is 371 g/mol. The van der Waals surface area contributed by atoms with Gasteiger partial charge in [0.15, 0.2) is 11.5 Å². The molecule has 1 aromatic carbocycles. The van der Waals surface area contributed by atoms with E-state index >= 15 is 0 Å². The third-order valence-electron chi connectivity index (χ3n) is 5.09. The Hall–Kier alpha value is -2.74. The molecule has 2 aliphatic rings. The number of nitrogens with one attached hydrogen (secondary N) is 1. The van der Waals surface area contributed by atoms with Gasteiger partial charge in [-0.3, -0.25) is 4.90 Å². The maximum absolute atomic E-state index is 12.4. The number of piperazine rings is 1. The molecule has 0 unspecified atom stereocenters. The van der Waals surface area contributed by atoms with Crippen molar-refractivity contribution in [1.82, 2.24) is 24.7 Å². The first-order valence-electron chi connectivity index (χ1n) is 9.30. The number of nitrogens with zero attached hydrogens (tertiary/aromatic N) is 4. The number of hydrogen-bond donors (Lipinski definition) is 1. The number of ether oxygens (including phenoxy) is 2. The first kappa shape index (κ1) is 17.7. The largest absolute Gasteiger partial charge is 0.454 e. The molecule has 8 nitrogen and oxygen atoms in total. The van der Waals surface area contributed by atoms with Gasteiger partial charge in [0, 0.05) is 57.7 Å². The van der Waals surface area contributed by atoms with E-state index in [1.807, 2.05) is 27.8 Å². The Balaban J connectivity index is 1.22. The van der Waals surface area contributed by atoms with E-state index in [-0.39, 0.29) is 12.1 Å². The van der Waals surface area contributed by atoms with E-state index in [0.717, 1.165) is 44.2 Å². The summed E-state index contributed by atoms with van der Waals surface area (Å²) in [6.45, 7) is 6.98. The molecular formula is C19H25N5O3. The molecule has 1 atom stereocenters. The fraction of sp³-hybridized carbons (Fsp3) is 0.474. The second kappa shape index (κ2) is 7.87. The van der Waals surface area contributed by atoms with E-state index in [1.165, 1.54) is 5.56 Å². The SMILES string of the molecule is C[C@H](CNC(=O)N1CCN(Cc2ccc3c(c2)OCO3)CC1)n1ccnc1. The summed E-state index contributed by atoms with van der Waals surface area (Å²) in [6.07, 6.45) is 5.43. The summed E-state index contributed by atoms with van der Waals surface area (Å²) in [7, 11) is 0. The van der Waals surface area contributed by atoms with Crippen LogP contribution in [0.15, 0.2) is 36.9 Å². The van der Waals surface area contributed by atoms with Gasteiger partial charge in [-0.2, -0.15) is 0 Å². The van der Waals surface area contributed by atoms with Gasteiger partial charge in [0.05, 0.1) is 6.33 Å². The van der Waals surface area contributed by atoms with Crippen molar-refractivity contribution < 1.29 is 14.3 Å². The van der Waals surface area contributed by atoms with Crippen LogP contribution in [0.3, 0.4) is 0 Å². The van der Waals surface area contributed by atoms with Crippen LogP contribution in [0.1, 0.15) is 18.5 Å². The fourth-order valence-electron chi connectivity index (χ4n) is 3.39. The van der Waals surface area contributed by atoms with E-state index in [4.69, 9.17) is 9.47 Å². The maximum atomic E-state index is 12.4. The van der Waals surface area contributed by atoms with Crippen molar-refractivity contribution in [3.8, 4) is 11.5 Å². The van der Waals surface area contributed by atoms with Gasteiger partial charge in [0.25, 0.3) is 0 Å². The van der Waals surface area contributed by atoms with Crippen LogP contribution in [-0.4, -0.2) is 64.9 Å². The van der Waals surface area contributed by atoms with Crippen LogP contribution in [0.5, 0.6) is 11.5 Å². The van der Waals surface area contributed by atoms with Crippen LogP contribution in [0.2, 0.25) is 0 Å². The van der Waals surface area contributed by atoms with Crippen molar-refractivity contribution in [2.24, 2.45) is 0 Å². The molecule has 4 rings (SSSR count). The molecule has 0 aliphatic carbocycles. The van der Waals surface area contributed by atoms with Crippen molar-refractivity contribution in [1.29, 1.82) is 0 Å². The molecule has 27 heavy (non-hydrogen) atoms. The molecule has 1 saturated heterocycles. The summed E-state index contributed by atoms with van der Waals surface area (Å²) in [6, 6.07) is 6.26. The highest BCUT2D eigenvalue weighted by atomic mass is 16.7. The number of benzene rings is 1. The number of hydrogen-bond acceptors (Lipinski definition) is 5. The van der Waals surface area contributed by atoms with Gasteiger partial charge < -0.3 is 24.3 Å². The Morgan fingerprint density at radius 1 is 1.22 bits per heavy atom. The molecule has 2 amide bonds. The van der Waals surface area contributed by atoms with Gasteiger partial charge in [0.1, 0.15) is 0 Å². The number of amides is 2. The number of rotatable bonds is 5. The molecule has 1 aromatic heterocycles. The molecule has 1 fully saturated rings. The lowest BCUT2D eigenvalue weighted by atomic mass is 10.1. The summed E-state index contributed by atoms with van der Waals surface area (Å²) < 4.78 is 12.8. The minimum Gasteiger partial charge on any atom is -0.454 e. The summed E-state index contributed by atoms with van der Waals surface area (Å²) >= 11 is 0. The topological polar surface area (TPSA) is 71.9 Å². The Labute approximate surface area is 158 Å². The van der Waals surface area contributed by atoms with Gasteiger partial charge in [-0.15, -0.1) is 0 Å². The molecule has 2 aliphatic heterocycles. The second-order valence-electron chi connectivity index (χ2n) is 7.00. The Kier molecular flexibility index (Phi) is 5.15. The summed E-state index contributed by atoms with van der Waals surface area (Å²) in [4.78, 5) is 20.7. The Bertz CT molecular complexity index is 772. The number of fused-ring (bicyclic) bond motifs is 1. The predicted molar refractivity (Wildman–Crippen MR) is 99.8 cm³/mol. The third-order valence-corrected chi connectivity index (χ3v) is 5.09. The van der Waals surface area contributed by atoms with Crippen molar-refractivity contribution in [3.63, 3.8) is 0 Å². The van der Waals surface area contributed by atoms with E-state index in [2.05, 4.69) is 28.2 Å². The second-order valence-corrected chi connectivity index (χ2v) is 7.00. The van der Waals surface area contributed by atoms with Gasteiger partial charge in [-0.1, -0.05) is 6.07 Å². The van der Waals surface area contributed by atoms with Gasteiger partial charge in [-0.25, -0.2) is 9.78 Å². The van der Waals surface area contributed by atoms with Crippen molar-refractivity contribution in [2.45, 2.75) is 19.5 Å². The van der Waals surface area contributed by atoms with Crippen LogP contribution < -0.4 is 14.8 Å². The number of carbonyl (C=O) groups excluding carboxylic acids is 1. The average Bonchev–Trinajstić information content (AvgIpc) is 3.38. The lowest BCUT2D eigenvalue weighted by Crippen LogP contribution is -2.52. The first-order valence-corrected chi connectivity index (χ1v) is 9.30. The normalized spacial score (nSPS) is 17.7. The van der Waals surface area contributed by atoms with E-state index in [0.29, 0.717) is 13.3 Å². The zero-order chi connectivity index (χ0) is 18.6. The van der Waals surface area contributed by atoms with Crippen LogP contribution in [0.25, 0.3) is 0 Å². The van der Waals surface area contributed by atoms with Crippen LogP contribution in [-0.2, 0) is 6.54 Å². The highest BCUT2D eigenvalue weighted by molar-refractivity contribution is 5.74. The van der Waals surface area contributed by atoms with Crippen LogP contribution >= 0.6 is 0 Å². The zero-order valence-corrected chi connectivity index (χ0v) is 15.5. The average molecular weight is 371 g/mol. The van der Waals surface area contributed by atoms with Gasteiger partial charge >= 0.3 is 6.03 Å². The highest BCUT2D eigenvalue weighted by Gasteiger charge is 2.22. The number of urea groups is 1. The van der Waals surface area contributed by atoms with E-state index in [9.17, 15) is 4.79 Å². The lowest BCUT2D eigenvalue weighted by Gasteiger charge is -2.35. The molecule has 2 aromatic rings. The molecule has 1 N–H and O–H groups in total. The standard InChI is InChI=1S/C19H25N5O3/c1-15(24-5-4-20-13-24)11-21-19(25)23-8-6-22(7-9-23)12-16-2-3-17-18(10-16)27-14-26-17/h2-5,10,13,15H,6-9,11-12,14H2,1H3,(H,21,25)/t15-/m1/s1. The molecule has 0 spiro atoms. The summed E-state index contributed by atoms with van der Waals surface area (Å²) in [5.74, 6) is 1.63. The lowest BCUT2D eigenvalue weighted by molar-refractivity contribution is 0.134. The molecule has 8 heteroatoms. The van der Waals surface area contributed by atoms with E-state index in [1.54, 1.807) is 12.5 Å². The predicted octanol–water partition coefficient (Wildman–Crippen LogP) is 1.70. The minimum atomic E-state index is 0.00435. The van der Waals surface area contributed by atoms with E-state index < -0.39 is 0 Å². The number of aromatic nitrogens is 2. The third kappa shape index (κ3) is 4.16. The van der Waals surface area contributed by atoms with Crippen molar-refractivity contribution in [2.75, 3.05) is 39.5 Å². The van der Waals surface area contributed by atoms with Crippen LogP contribution in [0.4, 0.5) is 4.79 Å². The molecular weight excluding hydrogens is 346 g/mol. The Morgan fingerprint density at radius 3 is 2.81 bits per heavy atom. The van der Waals surface area contributed by atoms with Gasteiger partial charge in [-0.05, 0) is 24.6 Å². The maximum Gasteiger partial charge on any atom is 0.317 e. The fourth-order valence-corrected chi connectivity index (χ4v) is 3.39. The molecule has 0 bridgehead atoms. The molecule has 3 heterocycles. The highest BCUT2D eigenvalue weighted by Crippen LogP contribution is 2.32. The molecule has 0 saturated carbocycles. The summed E-state index contributed by atoms with van der Waals surface area (Å²) in [5, 5.41) is 3.02.